The van der Waals surface area contributed by atoms with E-state index in [1.807, 2.05) is 18.2 Å². The monoisotopic (exact) mass is 310 g/mol. The predicted octanol–water partition coefficient (Wildman–Crippen LogP) is 3.63. The zero-order chi connectivity index (χ0) is 10.1. The van der Waals surface area contributed by atoms with Gasteiger partial charge in [-0.1, -0.05) is 28.1 Å². The Balaban J connectivity index is 3.01. The molecule has 0 N–H and O–H groups in total. The first-order valence-corrected chi connectivity index (χ1v) is 5.45. The van der Waals surface area contributed by atoms with Gasteiger partial charge in [0.05, 0.1) is 0 Å². The van der Waals surface area contributed by atoms with Gasteiger partial charge >= 0.3 is 0 Å². The number of fused-ring (bicyclic) bond motifs is 1. The number of pyridine rings is 1. The van der Waals surface area contributed by atoms with Crippen molar-refractivity contribution in [3.8, 4) is 6.07 Å². The normalized spacial score (nSPS) is 10.1. The van der Waals surface area contributed by atoms with Gasteiger partial charge in [0.1, 0.15) is 11.8 Å². The highest BCUT2D eigenvalue weighted by atomic mass is 79.9. The number of aromatic nitrogens is 1. The van der Waals surface area contributed by atoms with Gasteiger partial charge in [-0.2, -0.15) is 5.26 Å². The second-order valence-corrected chi connectivity index (χ2v) is 4.44. The molecule has 4 heteroatoms. The summed E-state index contributed by atoms with van der Waals surface area (Å²) in [5.41, 5.74) is 0.440. The van der Waals surface area contributed by atoms with E-state index in [4.69, 9.17) is 5.26 Å². The lowest BCUT2D eigenvalue weighted by Gasteiger charge is -2.03. The average molecular weight is 312 g/mol. The number of hydrogen-bond acceptors (Lipinski definition) is 2. The SMILES string of the molecule is N#Cc1ncc(Br)c2cccc(Br)c12. The molecular formula is C10H4Br2N2. The van der Waals surface area contributed by atoms with Crippen molar-refractivity contribution in [1.29, 1.82) is 5.26 Å². The van der Waals surface area contributed by atoms with E-state index in [1.54, 1.807) is 6.20 Å². The molecule has 0 fully saturated rings. The van der Waals surface area contributed by atoms with Crippen molar-refractivity contribution >= 4 is 42.6 Å². The van der Waals surface area contributed by atoms with E-state index in [2.05, 4.69) is 42.9 Å². The molecule has 1 aromatic carbocycles. The van der Waals surface area contributed by atoms with Crippen molar-refractivity contribution < 1.29 is 0 Å². The van der Waals surface area contributed by atoms with Crippen LogP contribution in [0.5, 0.6) is 0 Å². The molecule has 0 saturated carbocycles. The second-order valence-electron chi connectivity index (χ2n) is 2.73. The lowest BCUT2D eigenvalue weighted by atomic mass is 10.1. The van der Waals surface area contributed by atoms with Crippen LogP contribution in [0.25, 0.3) is 10.8 Å². The molecule has 0 atom stereocenters. The molecule has 2 aromatic rings. The Morgan fingerprint density at radius 1 is 1.21 bits per heavy atom. The number of hydrogen-bond donors (Lipinski definition) is 0. The minimum Gasteiger partial charge on any atom is -0.244 e. The molecular weight excluding hydrogens is 308 g/mol. The van der Waals surface area contributed by atoms with Crippen LogP contribution in [0, 0.1) is 11.3 Å². The molecule has 0 amide bonds. The first kappa shape index (κ1) is 9.63. The van der Waals surface area contributed by atoms with Crippen LogP contribution < -0.4 is 0 Å². The summed E-state index contributed by atoms with van der Waals surface area (Å²) in [6.45, 7) is 0. The average Bonchev–Trinajstić information content (AvgIpc) is 2.20. The molecule has 2 rings (SSSR count). The van der Waals surface area contributed by atoms with Crippen LogP contribution in [0.2, 0.25) is 0 Å². The molecule has 0 unspecified atom stereocenters. The number of rotatable bonds is 0. The second kappa shape index (κ2) is 3.68. The van der Waals surface area contributed by atoms with Crippen molar-refractivity contribution in [2.45, 2.75) is 0 Å². The summed E-state index contributed by atoms with van der Waals surface area (Å²) in [4.78, 5) is 4.05. The highest BCUT2D eigenvalue weighted by Crippen LogP contribution is 2.30. The summed E-state index contributed by atoms with van der Waals surface area (Å²) in [6.07, 6.45) is 1.65. The summed E-state index contributed by atoms with van der Waals surface area (Å²) in [5, 5.41) is 10.7. The van der Waals surface area contributed by atoms with Crippen LogP contribution in [0.3, 0.4) is 0 Å². The zero-order valence-electron chi connectivity index (χ0n) is 6.96. The van der Waals surface area contributed by atoms with Crippen molar-refractivity contribution in [3.05, 3.63) is 39.0 Å². The van der Waals surface area contributed by atoms with Gasteiger partial charge in [0, 0.05) is 25.9 Å². The van der Waals surface area contributed by atoms with Gasteiger partial charge in [0.15, 0.2) is 0 Å². The molecule has 14 heavy (non-hydrogen) atoms. The van der Waals surface area contributed by atoms with Crippen LogP contribution in [0.15, 0.2) is 33.3 Å². The quantitative estimate of drug-likeness (QED) is 0.745. The summed E-state index contributed by atoms with van der Waals surface area (Å²) in [5.74, 6) is 0. The van der Waals surface area contributed by atoms with Crippen LogP contribution in [0.1, 0.15) is 5.69 Å². The topological polar surface area (TPSA) is 36.7 Å². The van der Waals surface area contributed by atoms with Crippen molar-refractivity contribution in [2.75, 3.05) is 0 Å². The fraction of sp³-hybridized carbons (Fsp3) is 0. The number of nitriles is 1. The van der Waals surface area contributed by atoms with Crippen molar-refractivity contribution in [3.63, 3.8) is 0 Å². The number of nitrogens with zero attached hydrogens (tertiary/aromatic N) is 2. The third-order valence-corrected chi connectivity index (χ3v) is 3.21. The molecule has 0 spiro atoms. The van der Waals surface area contributed by atoms with Gasteiger partial charge in [-0.15, -0.1) is 0 Å². The largest absolute Gasteiger partial charge is 0.244 e. The van der Waals surface area contributed by atoms with Gasteiger partial charge in [0.2, 0.25) is 0 Å². The summed E-state index contributed by atoms with van der Waals surface area (Å²) in [7, 11) is 0. The van der Waals surface area contributed by atoms with Crippen molar-refractivity contribution in [2.24, 2.45) is 0 Å². The Labute approximate surface area is 97.8 Å². The van der Waals surface area contributed by atoms with E-state index < -0.39 is 0 Å². The van der Waals surface area contributed by atoms with Crippen LogP contribution in [-0.4, -0.2) is 4.98 Å². The third kappa shape index (κ3) is 1.43. The summed E-state index contributed by atoms with van der Waals surface area (Å²) < 4.78 is 1.79. The van der Waals surface area contributed by atoms with Crippen LogP contribution in [-0.2, 0) is 0 Å². The molecule has 0 aliphatic rings. The lowest BCUT2D eigenvalue weighted by molar-refractivity contribution is 1.28. The Bertz CT molecular complexity index is 544. The Morgan fingerprint density at radius 3 is 2.71 bits per heavy atom. The third-order valence-electron chi connectivity index (χ3n) is 1.92. The van der Waals surface area contributed by atoms with E-state index in [1.165, 1.54) is 0 Å². The molecule has 1 heterocycles. The van der Waals surface area contributed by atoms with Gasteiger partial charge in [-0.05, 0) is 22.0 Å². The molecule has 0 aliphatic heterocycles. The number of benzene rings is 1. The standard InChI is InChI=1S/C10H4Br2N2/c11-7-3-1-2-6-8(12)5-14-9(4-13)10(6)7/h1-3,5H. The van der Waals surface area contributed by atoms with E-state index in [-0.39, 0.29) is 0 Å². The number of halogens is 2. The van der Waals surface area contributed by atoms with E-state index in [0.29, 0.717) is 5.69 Å². The minimum absolute atomic E-state index is 0.440. The Morgan fingerprint density at radius 2 is 2.00 bits per heavy atom. The van der Waals surface area contributed by atoms with Crippen molar-refractivity contribution in [1.82, 2.24) is 4.98 Å². The zero-order valence-corrected chi connectivity index (χ0v) is 10.1. The molecule has 0 radical (unpaired) electrons. The van der Waals surface area contributed by atoms with E-state index in [0.717, 1.165) is 19.7 Å². The lowest BCUT2D eigenvalue weighted by Crippen LogP contribution is -1.87. The molecule has 68 valence electrons. The van der Waals surface area contributed by atoms with E-state index >= 15 is 0 Å². The maximum atomic E-state index is 8.90. The fourth-order valence-electron chi connectivity index (χ4n) is 1.30. The minimum atomic E-state index is 0.440. The summed E-state index contributed by atoms with van der Waals surface area (Å²) >= 11 is 6.81. The van der Waals surface area contributed by atoms with E-state index in [9.17, 15) is 0 Å². The highest BCUT2D eigenvalue weighted by molar-refractivity contribution is 9.11. The molecule has 0 aliphatic carbocycles. The van der Waals surface area contributed by atoms with Crippen LogP contribution in [0.4, 0.5) is 0 Å². The molecule has 0 bridgehead atoms. The Hall–Kier alpha value is -0.920. The molecule has 2 nitrogen and oxygen atoms in total. The first-order chi connectivity index (χ1) is 6.74. The van der Waals surface area contributed by atoms with Crippen LogP contribution >= 0.6 is 31.9 Å². The maximum Gasteiger partial charge on any atom is 0.149 e. The van der Waals surface area contributed by atoms with Gasteiger partial charge in [0.25, 0.3) is 0 Å². The van der Waals surface area contributed by atoms with Gasteiger partial charge in [-0.3, -0.25) is 0 Å². The molecule has 1 aromatic heterocycles. The fourth-order valence-corrected chi connectivity index (χ4v) is 2.29. The molecule has 0 saturated heterocycles. The predicted molar refractivity (Wildman–Crippen MR) is 61.9 cm³/mol. The first-order valence-electron chi connectivity index (χ1n) is 3.87. The van der Waals surface area contributed by atoms with Gasteiger partial charge in [-0.25, -0.2) is 4.98 Å². The maximum absolute atomic E-state index is 8.90. The smallest absolute Gasteiger partial charge is 0.149 e. The Kier molecular flexibility index (Phi) is 2.53. The highest BCUT2D eigenvalue weighted by Gasteiger charge is 2.07. The summed E-state index contributed by atoms with van der Waals surface area (Å²) in [6, 6.07) is 7.86. The van der Waals surface area contributed by atoms with Gasteiger partial charge < -0.3 is 0 Å².